The summed E-state index contributed by atoms with van der Waals surface area (Å²) in [6, 6.07) is 5.51. The minimum atomic E-state index is -0.0755. The first kappa shape index (κ1) is 18.2. The number of ether oxygens (including phenoxy) is 1. The lowest BCUT2D eigenvalue weighted by atomic mass is 10.2. The van der Waals surface area contributed by atoms with Crippen LogP contribution in [0.5, 0.6) is 5.75 Å². The van der Waals surface area contributed by atoms with E-state index in [1.807, 2.05) is 26.0 Å². The van der Waals surface area contributed by atoms with Crippen molar-refractivity contribution in [3.05, 3.63) is 28.2 Å². The molecule has 1 aliphatic rings. The summed E-state index contributed by atoms with van der Waals surface area (Å²) in [5, 5.41) is 6.34. The molecule has 1 amide bonds. The van der Waals surface area contributed by atoms with Crippen LogP contribution in [-0.2, 0) is 0 Å². The molecule has 0 bridgehead atoms. The number of carbonyl (C=O) groups excluding carboxylic acids is 1. The highest BCUT2D eigenvalue weighted by atomic mass is 79.9. The molecule has 0 radical (unpaired) electrons. The molecule has 0 aromatic heterocycles. The molecule has 5 nitrogen and oxygen atoms in total. The molecule has 0 aliphatic carbocycles. The molecule has 0 atom stereocenters. The van der Waals surface area contributed by atoms with Gasteiger partial charge in [-0.3, -0.25) is 4.79 Å². The van der Waals surface area contributed by atoms with Crippen molar-refractivity contribution in [2.75, 3.05) is 39.3 Å². The van der Waals surface area contributed by atoms with E-state index >= 15 is 0 Å². The van der Waals surface area contributed by atoms with Crippen LogP contribution in [0.4, 0.5) is 0 Å². The van der Waals surface area contributed by atoms with Crippen LogP contribution >= 0.6 is 15.9 Å². The average Bonchev–Trinajstić information content (AvgIpc) is 2.52. The summed E-state index contributed by atoms with van der Waals surface area (Å²) >= 11 is 3.42. The van der Waals surface area contributed by atoms with Crippen molar-refractivity contribution in [3.63, 3.8) is 0 Å². The van der Waals surface area contributed by atoms with Gasteiger partial charge in [-0.1, -0.05) is 15.9 Å². The minimum Gasteiger partial charge on any atom is -0.490 e. The maximum Gasteiger partial charge on any atom is 0.255 e. The van der Waals surface area contributed by atoms with Crippen molar-refractivity contribution in [2.24, 2.45) is 0 Å². The van der Waals surface area contributed by atoms with Crippen LogP contribution in [0.2, 0.25) is 0 Å². The molecule has 1 fully saturated rings. The van der Waals surface area contributed by atoms with Crippen LogP contribution in [-0.4, -0.2) is 56.2 Å². The number of benzene rings is 1. The van der Waals surface area contributed by atoms with Crippen LogP contribution in [0.25, 0.3) is 0 Å². The Kier molecular flexibility index (Phi) is 7.33. The van der Waals surface area contributed by atoms with Crippen LogP contribution < -0.4 is 15.4 Å². The summed E-state index contributed by atoms with van der Waals surface area (Å²) in [5.74, 6) is 0.544. The predicted octanol–water partition coefficient (Wildman–Crippen LogP) is 2.26. The van der Waals surface area contributed by atoms with E-state index in [1.54, 1.807) is 6.07 Å². The molecule has 2 rings (SSSR count). The first-order chi connectivity index (χ1) is 11.1. The van der Waals surface area contributed by atoms with E-state index in [0.29, 0.717) is 17.9 Å². The first-order valence-electron chi connectivity index (χ1n) is 8.24. The average molecular weight is 384 g/mol. The van der Waals surface area contributed by atoms with Crippen molar-refractivity contribution >= 4 is 21.8 Å². The second kappa shape index (κ2) is 9.25. The second-order valence-corrected chi connectivity index (χ2v) is 6.92. The van der Waals surface area contributed by atoms with Gasteiger partial charge in [0, 0.05) is 37.2 Å². The fourth-order valence-electron chi connectivity index (χ4n) is 2.57. The van der Waals surface area contributed by atoms with Gasteiger partial charge in [0.1, 0.15) is 5.75 Å². The summed E-state index contributed by atoms with van der Waals surface area (Å²) in [4.78, 5) is 14.8. The maximum absolute atomic E-state index is 12.4. The molecule has 0 spiro atoms. The van der Waals surface area contributed by atoms with E-state index in [4.69, 9.17) is 4.74 Å². The van der Waals surface area contributed by atoms with Crippen LogP contribution in [0.15, 0.2) is 22.7 Å². The quantitative estimate of drug-likeness (QED) is 0.709. The summed E-state index contributed by atoms with van der Waals surface area (Å²) < 4.78 is 6.65. The second-order valence-electron chi connectivity index (χ2n) is 6.01. The van der Waals surface area contributed by atoms with E-state index in [9.17, 15) is 4.79 Å². The summed E-state index contributed by atoms with van der Waals surface area (Å²) in [6.45, 7) is 9.91. The van der Waals surface area contributed by atoms with Crippen molar-refractivity contribution in [1.82, 2.24) is 15.5 Å². The smallest absolute Gasteiger partial charge is 0.255 e. The number of hydrogen-bond donors (Lipinski definition) is 2. The molecule has 1 aromatic rings. The largest absolute Gasteiger partial charge is 0.490 e. The lowest BCUT2D eigenvalue weighted by Gasteiger charge is -2.27. The third-order valence-electron chi connectivity index (χ3n) is 3.70. The minimum absolute atomic E-state index is 0.0311. The van der Waals surface area contributed by atoms with E-state index < -0.39 is 0 Å². The Morgan fingerprint density at radius 1 is 1.39 bits per heavy atom. The molecule has 6 heteroatoms. The zero-order valence-electron chi connectivity index (χ0n) is 13.9. The number of halogens is 1. The van der Waals surface area contributed by atoms with Gasteiger partial charge in [0.05, 0.1) is 11.7 Å². The molecule has 2 N–H and O–H groups in total. The topological polar surface area (TPSA) is 53.6 Å². The third kappa shape index (κ3) is 6.12. The predicted molar refractivity (Wildman–Crippen MR) is 96.2 cm³/mol. The van der Waals surface area contributed by atoms with Crippen LogP contribution in [0.3, 0.4) is 0 Å². The fourth-order valence-corrected chi connectivity index (χ4v) is 2.91. The highest BCUT2D eigenvalue weighted by molar-refractivity contribution is 9.10. The monoisotopic (exact) mass is 383 g/mol. The molecule has 128 valence electrons. The summed E-state index contributed by atoms with van der Waals surface area (Å²) in [7, 11) is 0. The Bertz CT molecular complexity index is 517. The number of amides is 1. The maximum atomic E-state index is 12.4. The Hall–Kier alpha value is -1.11. The van der Waals surface area contributed by atoms with Gasteiger partial charge in [-0.25, -0.2) is 0 Å². The molecule has 1 aliphatic heterocycles. The third-order valence-corrected chi connectivity index (χ3v) is 4.19. The molecular weight excluding hydrogens is 358 g/mol. The van der Waals surface area contributed by atoms with Gasteiger partial charge in [0.2, 0.25) is 0 Å². The number of rotatable bonds is 7. The number of piperazine rings is 1. The van der Waals surface area contributed by atoms with Crippen molar-refractivity contribution < 1.29 is 9.53 Å². The van der Waals surface area contributed by atoms with E-state index in [0.717, 1.165) is 43.6 Å². The number of hydrogen-bond acceptors (Lipinski definition) is 4. The SMILES string of the molecule is CC(C)Oc1cc(Br)ccc1C(=O)NCCCN1CCNCC1. The first-order valence-corrected chi connectivity index (χ1v) is 9.03. The Labute approximate surface area is 146 Å². The molecule has 1 aromatic carbocycles. The lowest BCUT2D eigenvalue weighted by Crippen LogP contribution is -2.44. The zero-order valence-corrected chi connectivity index (χ0v) is 15.5. The molecule has 1 heterocycles. The van der Waals surface area contributed by atoms with Gasteiger partial charge < -0.3 is 20.3 Å². The fraction of sp³-hybridized carbons (Fsp3) is 0.588. The van der Waals surface area contributed by atoms with Gasteiger partial charge in [0.15, 0.2) is 0 Å². The van der Waals surface area contributed by atoms with E-state index in [1.165, 1.54) is 0 Å². The zero-order chi connectivity index (χ0) is 16.7. The molecular formula is C17H26BrN3O2. The Balaban J connectivity index is 1.82. The molecule has 23 heavy (non-hydrogen) atoms. The van der Waals surface area contributed by atoms with Crippen molar-refractivity contribution in [3.8, 4) is 5.75 Å². The standard InChI is InChI=1S/C17H26BrN3O2/c1-13(2)23-16-12-14(18)4-5-15(16)17(22)20-6-3-9-21-10-7-19-8-11-21/h4-5,12-13,19H,3,6-11H2,1-2H3,(H,20,22). The molecule has 0 unspecified atom stereocenters. The Morgan fingerprint density at radius 2 is 2.13 bits per heavy atom. The highest BCUT2D eigenvalue weighted by Crippen LogP contribution is 2.24. The van der Waals surface area contributed by atoms with Gasteiger partial charge in [-0.2, -0.15) is 0 Å². The lowest BCUT2D eigenvalue weighted by molar-refractivity contribution is 0.0945. The van der Waals surface area contributed by atoms with Gasteiger partial charge in [-0.15, -0.1) is 0 Å². The van der Waals surface area contributed by atoms with Gasteiger partial charge in [-0.05, 0) is 45.0 Å². The number of nitrogens with zero attached hydrogens (tertiary/aromatic N) is 1. The highest BCUT2D eigenvalue weighted by Gasteiger charge is 2.14. The molecule has 1 saturated heterocycles. The normalized spacial score (nSPS) is 15.7. The molecule has 0 saturated carbocycles. The van der Waals surface area contributed by atoms with Crippen molar-refractivity contribution in [2.45, 2.75) is 26.4 Å². The van der Waals surface area contributed by atoms with Crippen molar-refractivity contribution in [1.29, 1.82) is 0 Å². The van der Waals surface area contributed by atoms with E-state index in [2.05, 4.69) is 31.5 Å². The van der Waals surface area contributed by atoms with Crippen LogP contribution in [0.1, 0.15) is 30.6 Å². The summed E-state index contributed by atoms with van der Waals surface area (Å²) in [6.07, 6.45) is 0.992. The van der Waals surface area contributed by atoms with Crippen LogP contribution in [0, 0.1) is 0 Å². The van der Waals surface area contributed by atoms with Gasteiger partial charge in [0.25, 0.3) is 5.91 Å². The Morgan fingerprint density at radius 3 is 2.83 bits per heavy atom. The number of nitrogens with one attached hydrogen (secondary N) is 2. The summed E-state index contributed by atoms with van der Waals surface area (Å²) in [5.41, 5.74) is 0.587. The number of carbonyl (C=O) groups is 1. The van der Waals surface area contributed by atoms with Gasteiger partial charge >= 0.3 is 0 Å². The van der Waals surface area contributed by atoms with E-state index in [-0.39, 0.29) is 12.0 Å².